The smallest absolute Gasteiger partial charge is 0.254 e. The van der Waals surface area contributed by atoms with Crippen molar-refractivity contribution in [1.29, 1.82) is 0 Å². The van der Waals surface area contributed by atoms with Crippen LogP contribution < -0.4 is 10.1 Å². The van der Waals surface area contributed by atoms with Crippen LogP contribution in [0.3, 0.4) is 0 Å². The van der Waals surface area contributed by atoms with E-state index in [-0.39, 0.29) is 11.7 Å². The Kier molecular flexibility index (Phi) is 6.67. The number of carbonyl (C=O) groups is 1. The average Bonchev–Trinajstić information content (AvgIpc) is 3.17. The van der Waals surface area contributed by atoms with Crippen molar-refractivity contribution < 1.29 is 14.6 Å². The minimum Gasteiger partial charge on any atom is -0.504 e. The van der Waals surface area contributed by atoms with Gasteiger partial charge in [-0.2, -0.15) is 0 Å². The maximum Gasteiger partial charge on any atom is 0.254 e. The zero-order chi connectivity index (χ0) is 21.6. The second kappa shape index (κ2) is 9.79. The van der Waals surface area contributed by atoms with Crippen LogP contribution in [0.5, 0.6) is 11.5 Å². The Labute approximate surface area is 186 Å². The predicted molar refractivity (Wildman–Crippen MR) is 125 cm³/mol. The van der Waals surface area contributed by atoms with Gasteiger partial charge in [-0.25, -0.2) is 4.99 Å². The topological polar surface area (TPSA) is 70.9 Å². The minimum absolute atomic E-state index is 0.0730. The van der Waals surface area contributed by atoms with Crippen molar-refractivity contribution in [3.8, 4) is 11.5 Å². The van der Waals surface area contributed by atoms with Crippen molar-refractivity contribution in [1.82, 2.24) is 5.32 Å². The fourth-order valence-electron chi connectivity index (χ4n) is 3.76. The number of amides is 1. The van der Waals surface area contributed by atoms with Gasteiger partial charge >= 0.3 is 0 Å². The molecule has 1 aromatic heterocycles. The number of rotatable bonds is 7. The molecule has 0 saturated heterocycles. The number of thiophene rings is 1. The highest BCUT2D eigenvalue weighted by molar-refractivity contribution is 7.16. The maximum absolute atomic E-state index is 13.1. The molecular weight excluding hydrogens is 408 g/mol. The number of carbonyl (C=O) groups excluding carboxylic acids is 1. The van der Waals surface area contributed by atoms with Gasteiger partial charge in [-0.15, -0.1) is 11.3 Å². The summed E-state index contributed by atoms with van der Waals surface area (Å²) in [5.41, 5.74) is 3.73. The van der Waals surface area contributed by atoms with Gasteiger partial charge in [0.05, 0.1) is 12.2 Å². The summed E-state index contributed by atoms with van der Waals surface area (Å²) in [5, 5.41) is 13.7. The number of hydrogen-bond donors (Lipinski definition) is 2. The zero-order valence-corrected chi connectivity index (χ0v) is 18.4. The molecule has 0 saturated carbocycles. The molecule has 3 aromatic rings. The van der Waals surface area contributed by atoms with Gasteiger partial charge in [0, 0.05) is 17.6 Å². The Balaban J connectivity index is 1.60. The molecule has 4 rings (SSSR count). The summed E-state index contributed by atoms with van der Waals surface area (Å²) in [6.07, 6.45) is 5.90. The number of benzene rings is 2. The number of aliphatic imine (C=N–C) groups is 1. The van der Waals surface area contributed by atoms with Gasteiger partial charge in [-0.05, 0) is 67.5 Å². The number of aromatic hydroxyl groups is 1. The standard InChI is InChI=1S/C25H26N2O3S/c1-2-30-21-14-18(12-13-20(21)28)16-27-25-23(19-10-6-7-11-22(19)31-25)24(29)26-15-17-8-4-3-5-9-17/h3-5,8-9,12-14,16,28H,2,6-7,10-11,15H2,1H3,(H,26,29). The lowest BCUT2D eigenvalue weighted by atomic mass is 9.95. The highest BCUT2D eigenvalue weighted by Gasteiger charge is 2.25. The summed E-state index contributed by atoms with van der Waals surface area (Å²) in [6, 6.07) is 15.0. The van der Waals surface area contributed by atoms with Crippen molar-refractivity contribution in [3.05, 3.63) is 75.7 Å². The third-order valence-electron chi connectivity index (χ3n) is 5.29. The summed E-state index contributed by atoms with van der Waals surface area (Å²) in [7, 11) is 0. The van der Waals surface area contributed by atoms with Gasteiger partial charge in [0.25, 0.3) is 5.91 Å². The van der Waals surface area contributed by atoms with Gasteiger partial charge in [0.1, 0.15) is 5.00 Å². The molecule has 0 radical (unpaired) electrons. The van der Waals surface area contributed by atoms with E-state index in [0.717, 1.165) is 47.4 Å². The zero-order valence-electron chi connectivity index (χ0n) is 17.6. The second-order valence-corrected chi connectivity index (χ2v) is 8.56. The predicted octanol–water partition coefficient (Wildman–Crippen LogP) is 5.41. The molecule has 1 aliphatic carbocycles. The van der Waals surface area contributed by atoms with Crippen LogP contribution in [0, 0.1) is 0 Å². The lowest BCUT2D eigenvalue weighted by Gasteiger charge is -2.12. The van der Waals surface area contributed by atoms with E-state index in [4.69, 9.17) is 4.74 Å². The first kappa shape index (κ1) is 21.1. The molecule has 0 fully saturated rings. The summed E-state index contributed by atoms with van der Waals surface area (Å²) in [6.45, 7) is 2.83. The Hall–Kier alpha value is -3.12. The summed E-state index contributed by atoms with van der Waals surface area (Å²) < 4.78 is 5.46. The van der Waals surface area contributed by atoms with Crippen LogP contribution in [0.2, 0.25) is 0 Å². The fraction of sp³-hybridized carbons (Fsp3) is 0.280. The third-order valence-corrected chi connectivity index (χ3v) is 6.49. The van der Waals surface area contributed by atoms with E-state index in [1.807, 2.05) is 37.3 Å². The molecule has 0 aliphatic heterocycles. The second-order valence-electron chi connectivity index (χ2n) is 7.48. The molecule has 31 heavy (non-hydrogen) atoms. The van der Waals surface area contributed by atoms with Crippen LogP contribution in [0.15, 0.2) is 53.5 Å². The van der Waals surface area contributed by atoms with Crippen LogP contribution >= 0.6 is 11.3 Å². The first-order valence-corrected chi connectivity index (χ1v) is 11.4. The van der Waals surface area contributed by atoms with E-state index in [2.05, 4.69) is 10.3 Å². The summed E-state index contributed by atoms with van der Waals surface area (Å²) >= 11 is 1.61. The van der Waals surface area contributed by atoms with Crippen LogP contribution in [0.25, 0.3) is 0 Å². The van der Waals surface area contributed by atoms with E-state index >= 15 is 0 Å². The first-order valence-electron chi connectivity index (χ1n) is 10.6. The van der Waals surface area contributed by atoms with Gasteiger partial charge in [-0.1, -0.05) is 30.3 Å². The van der Waals surface area contributed by atoms with E-state index in [1.165, 1.54) is 4.88 Å². The average molecular weight is 435 g/mol. The van der Waals surface area contributed by atoms with Crippen molar-refractivity contribution in [2.24, 2.45) is 4.99 Å². The Bertz CT molecular complexity index is 1090. The Morgan fingerprint density at radius 2 is 2.00 bits per heavy atom. The fourth-order valence-corrected chi connectivity index (χ4v) is 4.99. The molecule has 0 bridgehead atoms. The molecule has 160 valence electrons. The molecule has 2 aromatic carbocycles. The number of nitrogens with one attached hydrogen (secondary N) is 1. The van der Waals surface area contributed by atoms with Crippen LogP contribution in [0.4, 0.5) is 5.00 Å². The molecule has 0 spiro atoms. The molecule has 0 atom stereocenters. The molecule has 2 N–H and O–H groups in total. The van der Waals surface area contributed by atoms with Crippen molar-refractivity contribution in [2.75, 3.05) is 6.61 Å². The van der Waals surface area contributed by atoms with Crippen LogP contribution in [-0.2, 0) is 19.4 Å². The normalized spacial score (nSPS) is 13.2. The number of phenols is 1. The quantitative estimate of drug-likeness (QED) is 0.488. The SMILES string of the molecule is CCOc1cc(C=Nc2sc3c(c2C(=O)NCc2ccccc2)CCCC3)ccc1O. The van der Waals surface area contributed by atoms with E-state index < -0.39 is 0 Å². The number of ether oxygens (including phenoxy) is 1. The molecule has 0 unspecified atom stereocenters. The molecule has 6 heteroatoms. The first-order chi connectivity index (χ1) is 15.2. The molecular formula is C25H26N2O3S. The number of phenolic OH excluding ortho intramolecular Hbond substituents is 1. The largest absolute Gasteiger partial charge is 0.504 e. The van der Waals surface area contributed by atoms with Crippen molar-refractivity contribution >= 4 is 28.5 Å². The lowest BCUT2D eigenvalue weighted by molar-refractivity contribution is 0.0951. The molecule has 1 amide bonds. The van der Waals surface area contributed by atoms with Gasteiger partial charge in [0.2, 0.25) is 0 Å². The lowest BCUT2D eigenvalue weighted by Crippen LogP contribution is -2.24. The van der Waals surface area contributed by atoms with Crippen molar-refractivity contribution in [3.63, 3.8) is 0 Å². The van der Waals surface area contributed by atoms with E-state index in [1.54, 1.807) is 35.8 Å². The monoisotopic (exact) mass is 434 g/mol. The maximum atomic E-state index is 13.1. The molecule has 1 heterocycles. The number of aryl methyl sites for hydroxylation is 1. The highest BCUT2D eigenvalue weighted by atomic mass is 32.1. The van der Waals surface area contributed by atoms with Gasteiger partial charge in [0.15, 0.2) is 11.5 Å². The van der Waals surface area contributed by atoms with Gasteiger partial charge in [-0.3, -0.25) is 4.79 Å². The summed E-state index contributed by atoms with van der Waals surface area (Å²) in [5.74, 6) is 0.459. The van der Waals surface area contributed by atoms with Crippen LogP contribution in [-0.4, -0.2) is 23.8 Å². The number of hydrogen-bond acceptors (Lipinski definition) is 5. The van der Waals surface area contributed by atoms with Crippen molar-refractivity contribution in [2.45, 2.75) is 39.2 Å². The highest BCUT2D eigenvalue weighted by Crippen LogP contribution is 2.40. The van der Waals surface area contributed by atoms with Crippen LogP contribution in [0.1, 0.15) is 51.7 Å². The third kappa shape index (κ3) is 4.97. The summed E-state index contributed by atoms with van der Waals surface area (Å²) in [4.78, 5) is 19.1. The number of fused-ring (bicyclic) bond motifs is 1. The molecule has 5 nitrogen and oxygen atoms in total. The van der Waals surface area contributed by atoms with E-state index in [0.29, 0.717) is 24.5 Å². The Morgan fingerprint density at radius 3 is 2.81 bits per heavy atom. The van der Waals surface area contributed by atoms with Gasteiger partial charge < -0.3 is 15.2 Å². The minimum atomic E-state index is -0.0730. The Morgan fingerprint density at radius 1 is 1.19 bits per heavy atom. The van der Waals surface area contributed by atoms with E-state index in [9.17, 15) is 9.90 Å². The number of nitrogens with zero attached hydrogens (tertiary/aromatic N) is 1. The molecule has 1 aliphatic rings.